The summed E-state index contributed by atoms with van der Waals surface area (Å²) in [5.41, 5.74) is -1.05. The van der Waals surface area contributed by atoms with Gasteiger partial charge in [-0.1, -0.05) is 0 Å². The molecule has 4 nitrogen and oxygen atoms in total. The van der Waals surface area contributed by atoms with Crippen molar-refractivity contribution in [3.8, 4) is 0 Å². The molecule has 0 unspecified atom stereocenters. The van der Waals surface area contributed by atoms with Crippen LogP contribution in [0.5, 0.6) is 0 Å². The Labute approximate surface area is 97.3 Å². The highest BCUT2D eigenvalue weighted by Gasteiger charge is 2.28. The van der Waals surface area contributed by atoms with Gasteiger partial charge in [0.05, 0.1) is 0 Å². The summed E-state index contributed by atoms with van der Waals surface area (Å²) in [5, 5.41) is 0. The fourth-order valence-electron chi connectivity index (χ4n) is 1.48. The van der Waals surface area contributed by atoms with E-state index in [2.05, 4.69) is 0 Å². The fraction of sp³-hybridized carbons (Fsp3) is 0.833. The third kappa shape index (κ3) is 7.26. The molecule has 16 heavy (non-hydrogen) atoms. The first-order chi connectivity index (χ1) is 7.04. The molecule has 0 bridgehead atoms. The lowest BCUT2D eigenvalue weighted by Crippen LogP contribution is -2.33. The second-order valence-corrected chi connectivity index (χ2v) is 5.21. The first kappa shape index (κ1) is 14.9. The summed E-state index contributed by atoms with van der Waals surface area (Å²) < 4.78 is 10.3. The molecule has 0 heterocycles. The van der Waals surface area contributed by atoms with E-state index in [1.54, 1.807) is 0 Å². The van der Waals surface area contributed by atoms with Gasteiger partial charge in [0.2, 0.25) is 0 Å². The van der Waals surface area contributed by atoms with Gasteiger partial charge in [-0.2, -0.15) is 0 Å². The molecule has 0 radical (unpaired) electrons. The van der Waals surface area contributed by atoms with Crippen LogP contribution >= 0.6 is 0 Å². The second kappa shape index (κ2) is 5.32. The van der Waals surface area contributed by atoms with E-state index in [0.717, 1.165) is 0 Å². The topological polar surface area (TPSA) is 52.6 Å². The largest absolute Gasteiger partial charge is 0.460 e. The van der Waals surface area contributed by atoms with Gasteiger partial charge in [0, 0.05) is 13.8 Å². The highest BCUT2D eigenvalue weighted by atomic mass is 16.6. The van der Waals surface area contributed by atoms with Crippen molar-refractivity contribution in [3.05, 3.63) is 0 Å². The lowest BCUT2D eigenvalue weighted by molar-refractivity contribution is -0.161. The molecule has 0 N–H and O–H groups in total. The van der Waals surface area contributed by atoms with E-state index in [1.165, 1.54) is 13.8 Å². The molecule has 0 spiro atoms. The van der Waals surface area contributed by atoms with Gasteiger partial charge in [0.15, 0.2) is 0 Å². The minimum atomic E-state index is -0.525. The zero-order valence-corrected chi connectivity index (χ0v) is 11.0. The number of hydrogen-bond acceptors (Lipinski definition) is 4. The lowest BCUT2D eigenvalue weighted by atomic mass is 9.94. The SMILES string of the molecule is CC(=O)OC(C)(C)CCC(C)(C)OC(C)=O. The average molecular weight is 230 g/mol. The molecule has 0 amide bonds. The summed E-state index contributed by atoms with van der Waals surface area (Å²) in [6.07, 6.45) is 1.29. The van der Waals surface area contributed by atoms with Crippen LogP contribution in [-0.4, -0.2) is 23.1 Å². The first-order valence-corrected chi connectivity index (χ1v) is 5.43. The first-order valence-electron chi connectivity index (χ1n) is 5.43. The lowest BCUT2D eigenvalue weighted by Gasteiger charge is -2.30. The predicted molar refractivity (Wildman–Crippen MR) is 60.9 cm³/mol. The molecule has 0 aromatic heterocycles. The van der Waals surface area contributed by atoms with Gasteiger partial charge in [-0.3, -0.25) is 9.59 Å². The minimum Gasteiger partial charge on any atom is -0.460 e. The van der Waals surface area contributed by atoms with Gasteiger partial charge in [-0.15, -0.1) is 0 Å². The quantitative estimate of drug-likeness (QED) is 0.681. The Morgan fingerprint density at radius 1 is 0.812 bits per heavy atom. The highest BCUT2D eigenvalue weighted by Crippen LogP contribution is 2.24. The van der Waals surface area contributed by atoms with Crippen LogP contribution in [0.1, 0.15) is 54.4 Å². The maximum Gasteiger partial charge on any atom is 0.303 e. The second-order valence-electron chi connectivity index (χ2n) is 5.21. The van der Waals surface area contributed by atoms with Crippen molar-refractivity contribution < 1.29 is 19.1 Å². The molecule has 0 aliphatic carbocycles. The Morgan fingerprint density at radius 2 is 1.06 bits per heavy atom. The molecule has 0 saturated heterocycles. The van der Waals surface area contributed by atoms with Gasteiger partial charge < -0.3 is 9.47 Å². The number of hydrogen-bond donors (Lipinski definition) is 0. The van der Waals surface area contributed by atoms with E-state index in [9.17, 15) is 9.59 Å². The third-order valence-corrected chi connectivity index (χ3v) is 2.17. The summed E-state index contributed by atoms with van der Waals surface area (Å²) >= 11 is 0. The Morgan fingerprint density at radius 3 is 1.25 bits per heavy atom. The van der Waals surface area contributed by atoms with Crippen molar-refractivity contribution in [3.63, 3.8) is 0 Å². The van der Waals surface area contributed by atoms with E-state index >= 15 is 0 Å². The normalized spacial score (nSPS) is 12.1. The molecule has 4 heteroatoms. The van der Waals surface area contributed by atoms with Crippen LogP contribution in [0.4, 0.5) is 0 Å². The van der Waals surface area contributed by atoms with Gasteiger partial charge >= 0.3 is 11.9 Å². The van der Waals surface area contributed by atoms with Gasteiger partial charge in [0.25, 0.3) is 0 Å². The van der Waals surface area contributed by atoms with Crippen molar-refractivity contribution >= 4 is 11.9 Å². The minimum absolute atomic E-state index is 0.296. The summed E-state index contributed by atoms with van der Waals surface area (Å²) in [7, 11) is 0. The van der Waals surface area contributed by atoms with Crippen molar-refractivity contribution in [1.82, 2.24) is 0 Å². The Balaban J connectivity index is 4.21. The summed E-state index contributed by atoms with van der Waals surface area (Å²) in [6.45, 7) is 10.2. The average Bonchev–Trinajstić information content (AvgIpc) is 1.96. The van der Waals surface area contributed by atoms with Crippen molar-refractivity contribution in [2.24, 2.45) is 0 Å². The van der Waals surface area contributed by atoms with Crippen LogP contribution in [0.15, 0.2) is 0 Å². The van der Waals surface area contributed by atoms with Crippen molar-refractivity contribution in [1.29, 1.82) is 0 Å². The standard InChI is InChI=1S/C12H22O4/c1-9(13)15-11(3,4)7-8-12(5,6)16-10(2)14/h7-8H2,1-6H3. The monoisotopic (exact) mass is 230 g/mol. The number of carbonyl (C=O) groups excluding carboxylic acids is 2. The third-order valence-electron chi connectivity index (χ3n) is 2.17. The van der Waals surface area contributed by atoms with Crippen LogP contribution < -0.4 is 0 Å². The van der Waals surface area contributed by atoms with Crippen LogP contribution in [0, 0.1) is 0 Å². The van der Waals surface area contributed by atoms with Gasteiger partial charge in [-0.05, 0) is 40.5 Å². The van der Waals surface area contributed by atoms with E-state index in [1.807, 2.05) is 27.7 Å². The molecule has 0 fully saturated rings. The van der Waals surface area contributed by atoms with E-state index < -0.39 is 11.2 Å². The Bertz CT molecular complexity index is 238. The Hall–Kier alpha value is -1.06. The maximum absolute atomic E-state index is 10.9. The smallest absolute Gasteiger partial charge is 0.303 e. The number of rotatable bonds is 5. The van der Waals surface area contributed by atoms with E-state index in [4.69, 9.17) is 9.47 Å². The molecular formula is C12H22O4. The molecule has 0 saturated carbocycles. The summed E-state index contributed by atoms with van der Waals surface area (Å²) in [5.74, 6) is -0.592. The van der Waals surface area contributed by atoms with Crippen molar-refractivity contribution in [2.75, 3.05) is 0 Å². The molecule has 0 rings (SSSR count). The van der Waals surface area contributed by atoms with E-state index in [-0.39, 0.29) is 11.9 Å². The van der Waals surface area contributed by atoms with Crippen molar-refractivity contribution in [2.45, 2.75) is 65.6 Å². The molecule has 94 valence electrons. The number of carbonyl (C=O) groups is 2. The van der Waals surface area contributed by atoms with Crippen LogP contribution in [-0.2, 0) is 19.1 Å². The zero-order valence-electron chi connectivity index (χ0n) is 11.0. The predicted octanol–water partition coefficient (Wildman–Crippen LogP) is 2.45. The van der Waals surface area contributed by atoms with Crippen LogP contribution in [0.25, 0.3) is 0 Å². The summed E-state index contributed by atoms with van der Waals surface area (Å²) in [4.78, 5) is 21.7. The maximum atomic E-state index is 10.9. The molecule has 0 aromatic rings. The highest BCUT2D eigenvalue weighted by molar-refractivity contribution is 5.66. The molecular weight excluding hydrogens is 208 g/mol. The van der Waals surface area contributed by atoms with Gasteiger partial charge in [0.1, 0.15) is 11.2 Å². The number of esters is 2. The molecule has 0 aromatic carbocycles. The van der Waals surface area contributed by atoms with Crippen LogP contribution in [0.2, 0.25) is 0 Å². The van der Waals surface area contributed by atoms with Crippen LogP contribution in [0.3, 0.4) is 0 Å². The number of ether oxygens (including phenoxy) is 2. The van der Waals surface area contributed by atoms with Gasteiger partial charge in [-0.25, -0.2) is 0 Å². The Kier molecular flexibility index (Phi) is 4.97. The molecule has 0 aliphatic rings. The fourth-order valence-corrected chi connectivity index (χ4v) is 1.48. The molecule has 0 aliphatic heterocycles. The van der Waals surface area contributed by atoms with E-state index in [0.29, 0.717) is 12.8 Å². The zero-order chi connectivity index (χ0) is 13.0. The molecule has 0 atom stereocenters. The summed E-state index contributed by atoms with van der Waals surface area (Å²) in [6, 6.07) is 0.